The van der Waals surface area contributed by atoms with Gasteiger partial charge in [0.2, 0.25) is 0 Å². The van der Waals surface area contributed by atoms with E-state index in [-0.39, 0.29) is 0 Å². The van der Waals surface area contributed by atoms with E-state index in [1.54, 1.807) is 0 Å². The van der Waals surface area contributed by atoms with Crippen molar-refractivity contribution in [1.29, 1.82) is 0 Å². The minimum atomic E-state index is 1.10. The summed E-state index contributed by atoms with van der Waals surface area (Å²) in [5.41, 5.74) is 17.5. The number of fused-ring (bicyclic) bond motifs is 6. The first-order chi connectivity index (χ1) is 31.2. The number of hydrogen-bond acceptors (Lipinski definition) is 1. The van der Waals surface area contributed by atoms with E-state index >= 15 is 0 Å². The quantitative estimate of drug-likeness (QED) is 0.149. The summed E-state index contributed by atoms with van der Waals surface area (Å²) in [6.07, 6.45) is 0. The molecule has 0 bridgehead atoms. The Balaban J connectivity index is 0.902. The number of para-hydroxylation sites is 3. The van der Waals surface area contributed by atoms with Gasteiger partial charge in [0.15, 0.2) is 0 Å². The van der Waals surface area contributed by atoms with Gasteiger partial charge < -0.3 is 14.0 Å². The number of aromatic nitrogens is 2. The molecule has 0 amide bonds. The third kappa shape index (κ3) is 6.38. The Morgan fingerprint density at radius 3 is 0.937 bits per heavy atom. The number of benzene rings is 10. The van der Waals surface area contributed by atoms with Gasteiger partial charge in [-0.2, -0.15) is 0 Å². The van der Waals surface area contributed by atoms with Crippen molar-refractivity contribution >= 4 is 60.7 Å². The summed E-state index contributed by atoms with van der Waals surface area (Å²) in [6, 6.07) is 90.0. The second kappa shape index (κ2) is 15.3. The molecular weight excluding hydrogens is 763 g/mol. The van der Waals surface area contributed by atoms with Gasteiger partial charge in [-0.25, -0.2) is 0 Å². The molecule has 0 spiro atoms. The second-order valence-corrected chi connectivity index (χ2v) is 16.2. The van der Waals surface area contributed by atoms with Crippen molar-refractivity contribution in [3.8, 4) is 44.8 Å². The molecule has 0 saturated carbocycles. The Bertz CT molecular complexity index is 3430. The average molecular weight is 804 g/mol. The molecule has 296 valence electrons. The molecule has 0 fully saturated rings. The van der Waals surface area contributed by atoms with E-state index in [9.17, 15) is 0 Å². The van der Waals surface area contributed by atoms with Crippen molar-refractivity contribution < 1.29 is 0 Å². The molecule has 0 N–H and O–H groups in total. The summed E-state index contributed by atoms with van der Waals surface area (Å²) in [7, 11) is 0. The van der Waals surface area contributed by atoms with Crippen LogP contribution in [-0.4, -0.2) is 9.13 Å². The molecule has 2 aromatic heterocycles. The molecular formula is C60H41N3. The molecule has 12 rings (SSSR count). The predicted molar refractivity (Wildman–Crippen MR) is 266 cm³/mol. The van der Waals surface area contributed by atoms with E-state index in [4.69, 9.17) is 0 Å². The maximum atomic E-state index is 2.42. The van der Waals surface area contributed by atoms with Crippen LogP contribution in [0.3, 0.4) is 0 Å². The van der Waals surface area contributed by atoms with Gasteiger partial charge in [-0.05, 0) is 112 Å². The normalized spacial score (nSPS) is 11.5. The zero-order valence-electron chi connectivity index (χ0n) is 34.5. The van der Waals surface area contributed by atoms with Crippen LogP contribution in [0.25, 0.3) is 88.4 Å². The molecule has 0 saturated heterocycles. The lowest BCUT2D eigenvalue weighted by atomic mass is 10.0. The van der Waals surface area contributed by atoms with E-state index in [0.717, 1.165) is 28.4 Å². The van der Waals surface area contributed by atoms with Crippen molar-refractivity contribution in [2.24, 2.45) is 0 Å². The van der Waals surface area contributed by atoms with Crippen molar-refractivity contribution in [2.75, 3.05) is 4.90 Å². The summed E-state index contributed by atoms with van der Waals surface area (Å²) in [6.45, 7) is 0. The molecule has 2 heterocycles. The standard InChI is InChI=1S/C60H41N3/c1-3-13-42(14-4-1)44-23-31-48(32-24-44)61(49-33-25-45(26-34-49)43-15-5-2-6-16-43)50-35-27-46(28-36-50)47-29-37-51(38-30-47)62-57-20-10-9-19-55(57)56-40-39-52(41-60(56)62)63-58-21-11-7-17-53(58)54-18-8-12-22-59(54)63/h1-41H. The van der Waals surface area contributed by atoms with Gasteiger partial charge in [-0.3, -0.25) is 0 Å². The molecule has 63 heavy (non-hydrogen) atoms. The first-order valence-corrected chi connectivity index (χ1v) is 21.6. The first-order valence-electron chi connectivity index (χ1n) is 21.6. The Morgan fingerprint density at radius 2 is 0.524 bits per heavy atom. The fourth-order valence-corrected chi connectivity index (χ4v) is 9.50. The summed E-state index contributed by atoms with van der Waals surface area (Å²) in [5, 5.41) is 5.01. The first kappa shape index (κ1) is 36.5. The van der Waals surface area contributed by atoms with Gasteiger partial charge in [-0.1, -0.05) is 170 Å². The lowest BCUT2D eigenvalue weighted by Crippen LogP contribution is -2.09. The van der Waals surface area contributed by atoms with Crippen LogP contribution in [-0.2, 0) is 0 Å². The summed E-state index contributed by atoms with van der Waals surface area (Å²) >= 11 is 0. The monoisotopic (exact) mass is 803 g/mol. The van der Waals surface area contributed by atoms with E-state index in [1.807, 2.05) is 0 Å². The Kier molecular flexibility index (Phi) is 8.83. The summed E-state index contributed by atoms with van der Waals surface area (Å²) in [5.74, 6) is 0. The van der Waals surface area contributed by atoms with Gasteiger partial charge >= 0.3 is 0 Å². The van der Waals surface area contributed by atoms with E-state index in [0.29, 0.717) is 0 Å². The molecule has 0 atom stereocenters. The number of nitrogens with zero attached hydrogens (tertiary/aromatic N) is 3. The Morgan fingerprint density at radius 1 is 0.222 bits per heavy atom. The minimum absolute atomic E-state index is 1.10. The van der Waals surface area contributed by atoms with Crippen LogP contribution in [0.2, 0.25) is 0 Å². The zero-order valence-corrected chi connectivity index (χ0v) is 34.5. The van der Waals surface area contributed by atoms with Crippen LogP contribution < -0.4 is 4.90 Å². The minimum Gasteiger partial charge on any atom is -0.311 e. The molecule has 0 aliphatic carbocycles. The lowest BCUT2D eigenvalue weighted by Gasteiger charge is -2.26. The topological polar surface area (TPSA) is 13.1 Å². The molecule has 0 aliphatic rings. The maximum Gasteiger partial charge on any atom is 0.0561 e. The molecule has 3 heteroatoms. The molecule has 12 aromatic rings. The van der Waals surface area contributed by atoms with Gasteiger partial charge in [-0.15, -0.1) is 0 Å². The van der Waals surface area contributed by atoms with Crippen LogP contribution in [0.5, 0.6) is 0 Å². The van der Waals surface area contributed by atoms with Crippen molar-refractivity contribution in [3.05, 3.63) is 249 Å². The lowest BCUT2D eigenvalue weighted by molar-refractivity contribution is 1.15. The van der Waals surface area contributed by atoms with Crippen LogP contribution in [0.15, 0.2) is 249 Å². The van der Waals surface area contributed by atoms with Crippen molar-refractivity contribution in [3.63, 3.8) is 0 Å². The van der Waals surface area contributed by atoms with E-state index in [1.165, 1.54) is 77.0 Å². The van der Waals surface area contributed by atoms with Gasteiger partial charge in [0.05, 0.1) is 22.1 Å². The van der Waals surface area contributed by atoms with E-state index < -0.39 is 0 Å². The fraction of sp³-hybridized carbons (Fsp3) is 0. The Hall–Kier alpha value is -8.40. The number of hydrogen-bond donors (Lipinski definition) is 0. The predicted octanol–water partition coefficient (Wildman–Crippen LogP) is 16.4. The molecule has 0 aliphatic heterocycles. The largest absolute Gasteiger partial charge is 0.311 e. The highest BCUT2D eigenvalue weighted by Crippen LogP contribution is 2.40. The third-order valence-corrected chi connectivity index (χ3v) is 12.5. The highest BCUT2D eigenvalue weighted by Gasteiger charge is 2.18. The van der Waals surface area contributed by atoms with E-state index in [2.05, 4.69) is 263 Å². The molecule has 0 unspecified atom stereocenters. The van der Waals surface area contributed by atoms with Crippen LogP contribution in [0, 0.1) is 0 Å². The van der Waals surface area contributed by atoms with Crippen molar-refractivity contribution in [2.45, 2.75) is 0 Å². The summed E-state index contributed by atoms with van der Waals surface area (Å²) < 4.78 is 4.82. The van der Waals surface area contributed by atoms with Crippen molar-refractivity contribution in [1.82, 2.24) is 9.13 Å². The Labute approximate surface area is 366 Å². The second-order valence-electron chi connectivity index (χ2n) is 16.2. The molecule has 0 radical (unpaired) electrons. The smallest absolute Gasteiger partial charge is 0.0561 e. The number of rotatable bonds is 8. The average Bonchev–Trinajstić information content (AvgIpc) is 3.88. The molecule has 10 aromatic carbocycles. The SMILES string of the molecule is c1ccc(-c2ccc(N(c3ccc(-c4ccccc4)cc3)c3ccc(-c4ccc(-n5c6ccccc6c6ccc(-n7c8ccccc8c8ccccc87)cc65)cc4)cc3)cc2)cc1. The van der Waals surface area contributed by atoms with Gasteiger partial charge in [0.1, 0.15) is 0 Å². The van der Waals surface area contributed by atoms with Gasteiger partial charge in [0.25, 0.3) is 0 Å². The van der Waals surface area contributed by atoms with Gasteiger partial charge in [0, 0.05) is 50.0 Å². The van der Waals surface area contributed by atoms with Crippen LogP contribution in [0.1, 0.15) is 0 Å². The highest BCUT2D eigenvalue weighted by atomic mass is 15.1. The number of anilines is 3. The highest BCUT2D eigenvalue weighted by molar-refractivity contribution is 6.12. The maximum absolute atomic E-state index is 2.42. The fourth-order valence-electron chi connectivity index (χ4n) is 9.50. The van der Waals surface area contributed by atoms with Crippen LogP contribution in [0.4, 0.5) is 17.1 Å². The van der Waals surface area contributed by atoms with Crippen LogP contribution >= 0.6 is 0 Å². The molecule has 3 nitrogen and oxygen atoms in total. The third-order valence-electron chi connectivity index (χ3n) is 12.5. The summed E-state index contributed by atoms with van der Waals surface area (Å²) in [4.78, 5) is 2.34. The zero-order chi connectivity index (χ0) is 41.7.